The van der Waals surface area contributed by atoms with Gasteiger partial charge in [0.1, 0.15) is 5.78 Å². The molecule has 0 N–H and O–H groups in total. The number of nitrogens with zero attached hydrogens (tertiary/aromatic N) is 5. The Bertz CT molecular complexity index is 1610. The molecule has 1 saturated heterocycles. The summed E-state index contributed by atoms with van der Waals surface area (Å²) in [6.07, 6.45) is 6.86. The van der Waals surface area contributed by atoms with Gasteiger partial charge in [0.25, 0.3) is 0 Å². The van der Waals surface area contributed by atoms with Crippen LogP contribution in [0.25, 0.3) is 16.9 Å². The summed E-state index contributed by atoms with van der Waals surface area (Å²) in [7, 11) is -2.98. The van der Waals surface area contributed by atoms with Gasteiger partial charge in [0, 0.05) is 48.8 Å². The zero-order valence-electron chi connectivity index (χ0n) is 23.2. The molecule has 2 atom stereocenters. The first-order valence-corrected chi connectivity index (χ1v) is 16.2. The minimum absolute atomic E-state index is 0.115. The van der Waals surface area contributed by atoms with Crippen LogP contribution in [0.2, 0.25) is 0 Å². The second-order valence-electron chi connectivity index (χ2n) is 11.8. The van der Waals surface area contributed by atoms with Gasteiger partial charge in [-0.25, -0.2) is 22.5 Å². The number of ketones is 1. The van der Waals surface area contributed by atoms with Gasteiger partial charge in [-0.2, -0.15) is 10.4 Å². The van der Waals surface area contributed by atoms with Crippen molar-refractivity contribution in [1.82, 2.24) is 14.8 Å². The molecule has 41 heavy (non-hydrogen) atoms. The molecule has 3 aliphatic rings. The number of Topliss-reactive ketones (excluding diaryl/α,β-unsaturated/α-hetero) is 1. The van der Waals surface area contributed by atoms with Gasteiger partial charge in [-0.15, -0.1) is 0 Å². The Morgan fingerprint density at radius 3 is 2.49 bits per heavy atom. The van der Waals surface area contributed by atoms with E-state index in [1.165, 1.54) is 12.3 Å². The second kappa shape index (κ2) is 10.7. The minimum atomic E-state index is -2.98. The molecule has 0 spiro atoms. The first-order chi connectivity index (χ1) is 19.7. The van der Waals surface area contributed by atoms with E-state index >= 15 is 0 Å². The molecular weight excluding hydrogens is 541 g/mol. The van der Waals surface area contributed by atoms with Crippen molar-refractivity contribution in [3.63, 3.8) is 0 Å². The highest BCUT2D eigenvalue weighted by Crippen LogP contribution is 2.51. The van der Waals surface area contributed by atoms with Gasteiger partial charge in [-0.3, -0.25) is 4.79 Å². The van der Waals surface area contributed by atoms with E-state index in [1.807, 2.05) is 31.2 Å². The summed E-state index contributed by atoms with van der Waals surface area (Å²) in [5, 5.41) is 14.6. The summed E-state index contributed by atoms with van der Waals surface area (Å²) < 4.78 is 40.3. The number of benzene rings is 1. The molecular formula is C31H34FN5O3S. The van der Waals surface area contributed by atoms with Crippen molar-refractivity contribution < 1.29 is 17.6 Å². The lowest BCUT2D eigenvalue weighted by atomic mass is 9.72. The molecule has 0 radical (unpaired) electrons. The van der Waals surface area contributed by atoms with E-state index in [0.29, 0.717) is 13.1 Å². The maximum Gasteiger partial charge on any atom is 0.189 e. The zero-order valence-corrected chi connectivity index (χ0v) is 24.0. The molecule has 3 fully saturated rings. The molecule has 0 amide bonds. The predicted molar refractivity (Wildman–Crippen MR) is 154 cm³/mol. The van der Waals surface area contributed by atoms with Crippen LogP contribution in [-0.2, 0) is 14.6 Å². The number of halogens is 1. The maximum absolute atomic E-state index is 14.9. The third kappa shape index (κ3) is 5.40. The van der Waals surface area contributed by atoms with Gasteiger partial charge in [0.2, 0.25) is 0 Å². The lowest BCUT2D eigenvalue weighted by Crippen LogP contribution is -2.40. The zero-order chi connectivity index (χ0) is 28.8. The average Bonchev–Trinajstić information content (AvgIpc) is 3.67. The molecule has 3 aromatic rings. The van der Waals surface area contributed by atoms with Crippen molar-refractivity contribution in [1.29, 1.82) is 5.26 Å². The van der Waals surface area contributed by atoms with Crippen molar-refractivity contribution in [2.45, 2.75) is 57.8 Å². The van der Waals surface area contributed by atoms with Crippen LogP contribution in [0.4, 0.5) is 10.1 Å². The fraction of sp³-hybridized carbons (Fsp3) is 0.484. The summed E-state index contributed by atoms with van der Waals surface area (Å²) >= 11 is 0. The van der Waals surface area contributed by atoms with E-state index in [0.717, 1.165) is 66.7 Å². The summed E-state index contributed by atoms with van der Waals surface area (Å²) in [6.45, 7) is 2.82. The van der Waals surface area contributed by atoms with Crippen LogP contribution >= 0.6 is 0 Å². The lowest BCUT2D eigenvalue weighted by Gasteiger charge is -2.31. The summed E-state index contributed by atoms with van der Waals surface area (Å²) in [4.78, 5) is 20.0. The van der Waals surface area contributed by atoms with Crippen LogP contribution in [0.5, 0.6) is 0 Å². The number of pyridine rings is 1. The molecule has 2 aliphatic carbocycles. The van der Waals surface area contributed by atoms with Gasteiger partial charge in [-0.1, -0.05) is 25.0 Å². The molecule has 1 aliphatic heterocycles. The van der Waals surface area contributed by atoms with Crippen LogP contribution in [-0.4, -0.2) is 53.6 Å². The van der Waals surface area contributed by atoms with Crippen LogP contribution in [0.3, 0.4) is 0 Å². The van der Waals surface area contributed by atoms with Gasteiger partial charge in [0.15, 0.2) is 21.5 Å². The van der Waals surface area contributed by atoms with Crippen molar-refractivity contribution >= 4 is 21.3 Å². The van der Waals surface area contributed by atoms with Crippen molar-refractivity contribution in [2.75, 3.05) is 29.5 Å². The molecule has 6 rings (SSSR count). The normalized spacial score (nSPS) is 23.1. The molecule has 0 unspecified atom stereocenters. The van der Waals surface area contributed by atoms with Crippen LogP contribution < -0.4 is 4.90 Å². The van der Waals surface area contributed by atoms with E-state index < -0.39 is 21.1 Å². The number of hydrogen-bond acceptors (Lipinski definition) is 7. The number of carbonyl (C=O) groups is 1. The van der Waals surface area contributed by atoms with E-state index in [9.17, 15) is 22.9 Å². The van der Waals surface area contributed by atoms with E-state index in [2.05, 4.69) is 16.0 Å². The molecule has 10 heteroatoms. The Morgan fingerprint density at radius 1 is 1.12 bits per heavy atom. The summed E-state index contributed by atoms with van der Waals surface area (Å²) in [5.41, 5.74) is 3.72. The Hall–Kier alpha value is -3.58. The monoisotopic (exact) mass is 575 g/mol. The Balaban J connectivity index is 1.40. The van der Waals surface area contributed by atoms with Gasteiger partial charge in [0.05, 0.1) is 34.4 Å². The Labute approximate surface area is 240 Å². The van der Waals surface area contributed by atoms with Crippen molar-refractivity contribution in [3.05, 3.63) is 59.8 Å². The average molecular weight is 576 g/mol. The quantitative estimate of drug-likeness (QED) is 0.383. The van der Waals surface area contributed by atoms with E-state index in [4.69, 9.17) is 5.10 Å². The number of anilines is 1. The van der Waals surface area contributed by atoms with Crippen LogP contribution in [0, 0.1) is 35.4 Å². The third-order valence-corrected chi connectivity index (χ3v) is 10.7. The summed E-state index contributed by atoms with van der Waals surface area (Å²) in [6, 6.07) is 13.2. The molecule has 2 saturated carbocycles. The molecule has 1 aromatic carbocycles. The number of carbonyl (C=O) groups excluding carboxylic acids is 1. The topological polar surface area (TPSA) is 109 Å². The standard InChI is InChI=1S/C31H34FN5O3S/c1-21-28(22-8-10-23(11-9-22)36-15-17-41(39,40)18-16-36)29(35-37(21)30-26(32)7-4-14-34-30)25-6-3-2-5-24(25)27(38)19-31(20-33)12-13-31/h4,7-11,14,24-25H,2-3,5-6,12-13,15-19H2,1H3/t24-,25-/m1/s1. The largest absolute Gasteiger partial charge is 0.369 e. The Kier molecular flexibility index (Phi) is 7.18. The fourth-order valence-corrected chi connectivity index (χ4v) is 7.68. The molecule has 214 valence electrons. The highest BCUT2D eigenvalue weighted by molar-refractivity contribution is 7.91. The number of sulfone groups is 1. The number of hydrogen-bond donors (Lipinski definition) is 0. The fourth-order valence-electron chi connectivity index (χ4n) is 6.48. The van der Waals surface area contributed by atoms with Gasteiger partial charge in [-0.05, 0) is 62.4 Å². The van der Waals surface area contributed by atoms with Crippen molar-refractivity contribution in [2.24, 2.45) is 11.3 Å². The lowest BCUT2D eigenvalue weighted by molar-refractivity contribution is -0.125. The number of aromatic nitrogens is 3. The molecule has 3 heterocycles. The molecule has 0 bridgehead atoms. The van der Waals surface area contributed by atoms with E-state index in [-0.39, 0.29) is 41.4 Å². The number of nitriles is 1. The van der Waals surface area contributed by atoms with Crippen LogP contribution in [0.1, 0.15) is 62.3 Å². The second-order valence-corrected chi connectivity index (χ2v) is 14.1. The highest BCUT2D eigenvalue weighted by Gasteiger charge is 2.47. The number of rotatable bonds is 7. The Morgan fingerprint density at radius 2 is 1.83 bits per heavy atom. The predicted octanol–water partition coefficient (Wildman–Crippen LogP) is 5.15. The molecule has 2 aromatic heterocycles. The third-order valence-electron chi connectivity index (χ3n) is 9.08. The smallest absolute Gasteiger partial charge is 0.189 e. The van der Waals surface area contributed by atoms with Crippen LogP contribution in [0.15, 0.2) is 42.6 Å². The first-order valence-electron chi connectivity index (χ1n) is 14.4. The first kappa shape index (κ1) is 27.6. The van der Waals surface area contributed by atoms with Gasteiger partial charge < -0.3 is 4.90 Å². The van der Waals surface area contributed by atoms with E-state index in [1.54, 1.807) is 10.7 Å². The maximum atomic E-state index is 14.9. The van der Waals surface area contributed by atoms with Crippen molar-refractivity contribution in [3.8, 4) is 23.0 Å². The van der Waals surface area contributed by atoms with Gasteiger partial charge >= 0.3 is 0 Å². The highest BCUT2D eigenvalue weighted by atomic mass is 32.2. The SMILES string of the molecule is Cc1c(-c2ccc(N3CCS(=O)(=O)CC3)cc2)c([C@@H]2CCCC[C@H]2C(=O)CC2(C#N)CC2)nn1-c1ncccc1F. The molecule has 8 nitrogen and oxygen atoms in total. The minimum Gasteiger partial charge on any atom is -0.369 e. The summed E-state index contributed by atoms with van der Waals surface area (Å²) in [5.74, 6) is -0.323.